The number of aromatic amines is 1. The lowest BCUT2D eigenvalue weighted by atomic mass is 9.77. The van der Waals surface area contributed by atoms with E-state index in [0.717, 1.165) is 16.7 Å². The Hall–Kier alpha value is -0.360. The van der Waals surface area contributed by atoms with E-state index >= 15 is 0 Å². The van der Waals surface area contributed by atoms with Gasteiger partial charge in [0.05, 0.1) is 0 Å². The second kappa shape index (κ2) is 6.39. The normalized spacial score (nSPS) is 18.9. The molecular formula is C13H23N3OS2. The number of hydrogen-bond donors (Lipinski definition) is 2. The van der Waals surface area contributed by atoms with Crippen molar-refractivity contribution in [2.24, 2.45) is 5.41 Å². The standard InChI is InChI=1S/C13H23N3OS2/c1-10(2)16-11(17)14-15-12(16)19-9-13(8-18)6-4-3-5-7-13/h10,18H,3-9H2,1-2H3,(H,14,17). The van der Waals surface area contributed by atoms with Gasteiger partial charge in [0, 0.05) is 11.8 Å². The molecule has 0 bridgehead atoms. The maximum Gasteiger partial charge on any atom is 0.344 e. The zero-order valence-corrected chi connectivity index (χ0v) is 13.4. The van der Waals surface area contributed by atoms with Crippen molar-refractivity contribution >= 4 is 24.4 Å². The van der Waals surface area contributed by atoms with Gasteiger partial charge in [-0.2, -0.15) is 12.6 Å². The molecule has 1 fully saturated rings. The molecule has 0 radical (unpaired) electrons. The van der Waals surface area contributed by atoms with Gasteiger partial charge in [-0.3, -0.25) is 4.57 Å². The predicted octanol–water partition coefficient (Wildman–Crippen LogP) is 3.12. The van der Waals surface area contributed by atoms with E-state index in [1.807, 2.05) is 13.8 Å². The van der Waals surface area contributed by atoms with E-state index in [-0.39, 0.29) is 11.7 Å². The molecule has 1 aromatic rings. The maximum absolute atomic E-state index is 11.7. The quantitative estimate of drug-likeness (QED) is 0.649. The molecule has 108 valence electrons. The third-order valence-electron chi connectivity index (χ3n) is 3.95. The lowest BCUT2D eigenvalue weighted by Gasteiger charge is -2.35. The van der Waals surface area contributed by atoms with Crippen molar-refractivity contribution in [1.29, 1.82) is 0 Å². The highest BCUT2D eigenvalue weighted by atomic mass is 32.2. The van der Waals surface area contributed by atoms with Crippen LogP contribution in [-0.4, -0.2) is 26.3 Å². The van der Waals surface area contributed by atoms with Crippen LogP contribution in [0, 0.1) is 5.41 Å². The van der Waals surface area contributed by atoms with Crippen molar-refractivity contribution in [3.8, 4) is 0 Å². The Morgan fingerprint density at radius 1 is 1.42 bits per heavy atom. The average molecular weight is 301 g/mol. The second-order valence-corrected chi connectivity index (χ2v) is 7.04. The van der Waals surface area contributed by atoms with Crippen LogP contribution < -0.4 is 5.69 Å². The van der Waals surface area contributed by atoms with Crippen LogP contribution in [0.1, 0.15) is 52.0 Å². The van der Waals surface area contributed by atoms with Crippen molar-refractivity contribution in [3.05, 3.63) is 10.5 Å². The third-order valence-corrected chi connectivity index (χ3v) is 5.92. The van der Waals surface area contributed by atoms with E-state index in [4.69, 9.17) is 0 Å². The highest BCUT2D eigenvalue weighted by molar-refractivity contribution is 7.99. The summed E-state index contributed by atoms with van der Waals surface area (Å²) in [6.45, 7) is 4.02. The van der Waals surface area contributed by atoms with Gasteiger partial charge in [-0.05, 0) is 37.9 Å². The number of nitrogens with one attached hydrogen (secondary N) is 1. The number of rotatable bonds is 5. The molecule has 0 aromatic carbocycles. The van der Waals surface area contributed by atoms with E-state index in [0.29, 0.717) is 5.41 Å². The summed E-state index contributed by atoms with van der Waals surface area (Å²) in [7, 11) is 0. The number of thiol groups is 1. The first kappa shape index (κ1) is 15.0. The van der Waals surface area contributed by atoms with Gasteiger partial charge in [0.15, 0.2) is 5.16 Å². The fraction of sp³-hybridized carbons (Fsp3) is 0.846. The first-order valence-electron chi connectivity index (χ1n) is 6.98. The van der Waals surface area contributed by atoms with Crippen LogP contribution in [0.25, 0.3) is 0 Å². The summed E-state index contributed by atoms with van der Waals surface area (Å²) in [6, 6.07) is 0.145. The van der Waals surface area contributed by atoms with Crippen LogP contribution in [0.15, 0.2) is 9.95 Å². The highest BCUT2D eigenvalue weighted by Gasteiger charge is 2.31. The van der Waals surface area contributed by atoms with Crippen molar-refractivity contribution in [1.82, 2.24) is 14.8 Å². The summed E-state index contributed by atoms with van der Waals surface area (Å²) in [6.07, 6.45) is 6.45. The Balaban J connectivity index is 2.07. The van der Waals surface area contributed by atoms with Crippen molar-refractivity contribution < 1.29 is 0 Å². The number of thioether (sulfide) groups is 1. The fourth-order valence-corrected chi connectivity index (χ4v) is 4.66. The van der Waals surface area contributed by atoms with Crippen LogP contribution >= 0.6 is 24.4 Å². The summed E-state index contributed by atoms with van der Waals surface area (Å²) < 4.78 is 1.74. The zero-order chi connectivity index (χ0) is 13.9. The van der Waals surface area contributed by atoms with Crippen molar-refractivity contribution in [3.63, 3.8) is 0 Å². The molecule has 1 N–H and O–H groups in total. The minimum Gasteiger partial charge on any atom is -0.268 e. The molecule has 0 spiro atoms. The minimum absolute atomic E-state index is 0.110. The summed E-state index contributed by atoms with van der Waals surface area (Å²) in [5.41, 5.74) is 0.212. The van der Waals surface area contributed by atoms with Gasteiger partial charge in [-0.25, -0.2) is 9.89 Å². The molecule has 1 aromatic heterocycles. The molecule has 0 aliphatic heterocycles. The van der Waals surface area contributed by atoms with Crippen LogP contribution in [0.4, 0.5) is 0 Å². The summed E-state index contributed by atoms with van der Waals surface area (Å²) >= 11 is 6.26. The average Bonchev–Trinajstić information content (AvgIpc) is 2.79. The topological polar surface area (TPSA) is 50.7 Å². The van der Waals surface area contributed by atoms with Gasteiger partial charge in [0.25, 0.3) is 0 Å². The predicted molar refractivity (Wildman–Crippen MR) is 83.3 cm³/mol. The SMILES string of the molecule is CC(C)n1c(SCC2(CS)CCCCC2)n[nH]c1=O. The molecule has 1 heterocycles. The number of hydrogen-bond acceptors (Lipinski definition) is 4. The Bertz CT molecular complexity index is 461. The lowest BCUT2D eigenvalue weighted by Crippen LogP contribution is -2.29. The maximum atomic E-state index is 11.7. The van der Waals surface area contributed by atoms with Gasteiger partial charge in [0.1, 0.15) is 0 Å². The summed E-state index contributed by atoms with van der Waals surface area (Å²) in [5, 5.41) is 7.52. The number of aromatic nitrogens is 3. The monoisotopic (exact) mass is 301 g/mol. The van der Waals surface area contributed by atoms with Gasteiger partial charge >= 0.3 is 5.69 Å². The Kier molecular flexibility index (Phi) is 5.06. The summed E-state index contributed by atoms with van der Waals surface area (Å²) in [4.78, 5) is 11.7. The van der Waals surface area contributed by atoms with E-state index in [1.165, 1.54) is 32.1 Å². The largest absolute Gasteiger partial charge is 0.344 e. The lowest BCUT2D eigenvalue weighted by molar-refractivity contribution is 0.258. The van der Waals surface area contributed by atoms with Crippen molar-refractivity contribution in [2.75, 3.05) is 11.5 Å². The first-order chi connectivity index (χ1) is 9.08. The molecule has 1 saturated carbocycles. The molecule has 1 aliphatic rings. The van der Waals surface area contributed by atoms with Crippen LogP contribution in [0.5, 0.6) is 0 Å². The Labute approximate surface area is 124 Å². The smallest absolute Gasteiger partial charge is 0.268 e. The minimum atomic E-state index is -0.110. The Morgan fingerprint density at radius 3 is 2.68 bits per heavy atom. The zero-order valence-electron chi connectivity index (χ0n) is 11.7. The fourth-order valence-electron chi connectivity index (χ4n) is 2.71. The van der Waals surface area contributed by atoms with Crippen LogP contribution in [0.3, 0.4) is 0 Å². The molecule has 0 amide bonds. The molecule has 2 rings (SSSR count). The third kappa shape index (κ3) is 3.40. The van der Waals surface area contributed by atoms with Gasteiger partial charge in [-0.15, -0.1) is 5.10 Å². The molecular weight excluding hydrogens is 278 g/mol. The van der Waals surface area contributed by atoms with Crippen molar-refractivity contribution in [2.45, 2.75) is 57.1 Å². The molecule has 4 nitrogen and oxygen atoms in total. The van der Waals surface area contributed by atoms with E-state index < -0.39 is 0 Å². The number of nitrogens with zero attached hydrogens (tertiary/aromatic N) is 2. The first-order valence-corrected chi connectivity index (χ1v) is 8.60. The molecule has 1 aliphatic carbocycles. The highest BCUT2D eigenvalue weighted by Crippen LogP contribution is 2.41. The van der Waals surface area contributed by atoms with E-state index in [2.05, 4.69) is 22.8 Å². The second-order valence-electron chi connectivity index (χ2n) is 5.78. The van der Waals surface area contributed by atoms with Crippen LogP contribution in [-0.2, 0) is 0 Å². The van der Waals surface area contributed by atoms with Gasteiger partial charge in [-0.1, -0.05) is 31.0 Å². The van der Waals surface area contributed by atoms with Gasteiger partial charge < -0.3 is 0 Å². The van der Waals surface area contributed by atoms with Gasteiger partial charge in [0.2, 0.25) is 0 Å². The summed E-state index contributed by atoms with van der Waals surface area (Å²) in [5.74, 6) is 1.93. The molecule has 6 heteroatoms. The number of H-pyrrole nitrogens is 1. The van der Waals surface area contributed by atoms with E-state index in [9.17, 15) is 4.79 Å². The van der Waals surface area contributed by atoms with Crippen LogP contribution in [0.2, 0.25) is 0 Å². The van der Waals surface area contributed by atoms with E-state index in [1.54, 1.807) is 16.3 Å². The molecule has 0 saturated heterocycles. The molecule has 0 atom stereocenters. The molecule has 0 unspecified atom stereocenters. The molecule has 19 heavy (non-hydrogen) atoms. The Morgan fingerprint density at radius 2 is 2.11 bits per heavy atom.